The van der Waals surface area contributed by atoms with Gasteiger partial charge in [0.1, 0.15) is 0 Å². The first-order chi connectivity index (χ1) is 10.3. The third-order valence-corrected chi connectivity index (χ3v) is 5.39. The summed E-state index contributed by atoms with van der Waals surface area (Å²) in [6.07, 6.45) is 12.4. The van der Waals surface area contributed by atoms with Crippen LogP contribution in [0.3, 0.4) is 0 Å². The number of rotatable bonds is 5. The fourth-order valence-electron chi connectivity index (χ4n) is 4.15. The molecule has 4 nitrogen and oxygen atoms in total. The average molecular weight is 290 g/mol. The SMILES string of the molecule is CCCC1CN(Cc2cnn(CC)c2)C2(CCCC2)CN1. The number of hydrogen-bond donors (Lipinski definition) is 1. The molecular formula is C17H30N4. The van der Waals surface area contributed by atoms with Crippen LogP contribution >= 0.6 is 0 Å². The molecule has 0 bridgehead atoms. The molecule has 0 amide bonds. The van der Waals surface area contributed by atoms with Gasteiger partial charge in [-0.25, -0.2) is 0 Å². The highest BCUT2D eigenvalue weighted by atomic mass is 15.3. The molecule has 2 heterocycles. The molecular weight excluding hydrogens is 260 g/mol. The largest absolute Gasteiger partial charge is 0.311 e. The van der Waals surface area contributed by atoms with Crippen molar-refractivity contribution in [2.75, 3.05) is 13.1 Å². The van der Waals surface area contributed by atoms with Crippen LogP contribution < -0.4 is 5.32 Å². The molecule has 1 aromatic rings. The Bertz CT molecular complexity index is 447. The summed E-state index contributed by atoms with van der Waals surface area (Å²) in [6, 6.07) is 0.669. The van der Waals surface area contributed by atoms with Crippen molar-refractivity contribution in [3.63, 3.8) is 0 Å². The lowest BCUT2D eigenvalue weighted by atomic mass is 9.89. The third-order valence-electron chi connectivity index (χ3n) is 5.39. The van der Waals surface area contributed by atoms with Crippen molar-refractivity contribution in [3.05, 3.63) is 18.0 Å². The van der Waals surface area contributed by atoms with Gasteiger partial charge in [0.2, 0.25) is 0 Å². The van der Waals surface area contributed by atoms with E-state index in [0.717, 1.165) is 13.1 Å². The predicted molar refractivity (Wildman–Crippen MR) is 86.2 cm³/mol. The molecule has 1 saturated heterocycles. The molecule has 118 valence electrons. The number of hydrogen-bond acceptors (Lipinski definition) is 3. The highest BCUT2D eigenvalue weighted by Gasteiger charge is 2.43. The summed E-state index contributed by atoms with van der Waals surface area (Å²) < 4.78 is 2.04. The lowest BCUT2D eigenvalue weighted by Gasteiger charge is -2.48. The minimum atomic E-state index is 0.415. The molecule has 4 heteroatoms. The van der Waals surface area contributed by atoms with Crippen LogP contribution in [0.1, 0.15) is 57.9 Å². The summed E-state index contributed by atoms with van der Waals surface area (Å²) in [5.41, 5.74) is 1.79. The van der Waals surface area contributed by atoms with E-state index < -0.39 is 0 Å². The van der Waals surface area contributed by atoms with Crippen LogP contribution in [0.5, 0.6) is 0 Å². The average Bonchev–Trinajstić information content (AvgIpc) is 3.13. The monoisotopic (exact) mass is 290 g/mol. The summed E-state index contributed by atoms with van der Waals surface area (Å²) >= 11 is 0. The Labute approximate surface area is 128 Å². The molecule has 21 heavy (non-hydrogen) atoms. The van der Waals surface area contributed by atoms with Gasteiger partial charge in [-0.05, 0) is 26.2 Å². The van der Waals surface area contributed by atoms with Gasteiger partial charge in [0.05, 0.1) is 6.20 Å². The van der Waals surface area contributed by atoms with Crippen LogP contribution in [0.4, 0.5) is 0 Å². The first-order valence-corrected chi connectivity index (χ1v) is 8.75. The van der Waals surface area contributed by atoms with E-state index >= 15 is 0 Å². The third kappa shape index (κ3) is 3.16. The van der Waals surface area contributed by atoms with Gasteiger partial charge in [-0.2, -0.15) is 5.10 Å². The molecule has 1 spiro atoms. The van der Waals surface area contributed by atoms with Gasteiger partial charge >= 0.3 is 0 Å². The zero-order valence-electron chi connectivity index (χ0n) is 13.6. The lowest BCUT2D eigenvalue weighted by molar-refractivity contribution is 0.0338. The van der Waals surface area contributed by atoms with Gasteiger partial charge in [0.15, 0.2) is 0 Å². The molecule has 1 saturated carbocycles. The second-order valence-electron chi connectivity index (χ2n) is 6.88. The lowest BCUT2D eigenvalue weighted by Crippen LogP contribution is -2.63. The van der Waals surface area contributed by atoms with Crippen molar-refractivity contribution in [3.8, 4) is 0 Å². The van der Waals surface area contributed by atoms with Crippen LogP contribution in [0.2, 0.25) is 0 Å². The summed E-state index contributed by atoms with van der Waals surface area (Å²) in [7, 11) is 0. The van der Waals surface area contributed by atoms with Crippen LogP contribution in [-0.4, -0.2) is 39.4 Å². The molecule has 0 radical (unpaired) electrons. The molecule has 2 fully saturated rings. The summed E-state index contributed by atoms with van der Waals surface area (Å²) in [5.74, 6) is 0. The Morgan fingerprint density at radius 1 is 1.33 bits per heavy atom. The zero-order valence-corrected chi connectivity index (χ0v) is 13.6. The molecule has 1 unspecified atom stereocenters. The minimum Gasteiger partial charge on any atom is -0.311 e. The van der Waals surface area contributed by atoms with Crippen molar-refractivity contribution < 1.29 is 0 Å². The highest BCUT2D eigenvalue weighted by Crippen LogP contribution is 2.38. The normalized spacial score (nSPS) is 25.7. The van der Waals surface area contributed by atoms with Gasteiger partial charge < -0.3 is 5.32 Å². The Hall–Kier alpha value is -0.870. The number of aromatic nitrogens is 2. The van der Waals surface area contributed by atoms with E-state index in [9.17, 15) is 0 Å². The number of nitrogens with zero attached hydrogens (tertiary/aromatic N) is 3. The second-order valence-corrected chi connectivity index (χ2v) is 6.88. The quantitative estimate of drug-likeness (QED) is 0.905. The molecule has 1 aromatic heterocycles. The summed E-state index contributed by atoms with van der Waals surface area (Å²) in [6.45, 7) is 8.85. The van der Waals surface area contributed by atoms with Crippen molar-refractivity contribution >= 4 is 0 Å². The number of nitrogens with one attached hydrogen (secondary N) is 1. The first-order valence-electron chi connectivity index (χ1n) is 8.75. The Balaban J connectivity index is 1.73. The van der Waals surface area contributed by atoms with Gasteiger partial charge in [-0.3, -0.25) is 9.58 Å². The highest BCUT2D eigenvalue weighted by molar-refractivity contribution is 5.09. The van der Waals surface area contributed by atoms with Gasteiger partial charge in [-0.15, -0.1) is 0 Å². The van der Waals surface area contributed by atoms with Crippen LogP contribution in [0, 0.1) is 0 Å². The second kappa shape index (κ2) is 6.49. The fourth-order valence-corrected chi connectivity index (χ4v) is 4.15. The van der Waals surface area contributed by atoms with Crippen molar-refractivity contribution in [1.82, 2.24) is 20.0 Å². The maximum Gasteiger partial charge on any atom is 0.0534 e. The van der Waals surface area contributed by atoms with Crippen molar-refractivity contribution in [2.45, 2.75) is 77.0 Å². The van der Waals surface area contributed by atoms with E-state index in [1.54, 1.807) is 0 Å². The van der Waals surface area contributed by atoms with Crippen molar-refractivity contribution in [1.29, 1.82) is 0 Å². The molecule has 3 rings (SSSR count). The Morgan fingerprint density at radius 2 is 2.14 bits per heavy atom. The van der Waals surface area contributed by atoms with E-state index in [2.05, 4.69) is 41.6 Å². The van der Waals surface area contributed by atoms with E-state index in [0.29, 0.717) is 11.6 Å². The van der Waals surface area contributed by atoms with Crippen LogP contribution in [0.15, 0.2) is 12.4 Å². The Morgan fingerprint density at radius 3 is 2.81 bits per heavy atom. The molecule has 2 aliphatic rings. The van der Waals surface area contributed by atoms with E-state index in [1.807, 2.05) is 4.68 Å². The molecule has 1 N–H and O–H groups in total. The predicted octanol–water partition coefficient (Wildman–Crippen LogP) is 2.79. The molecule has 0 aromatic carbocycles. The topological polar surface area (TPSA) is 33.1 Å². The van der Waals surface area contributed by atoms with Gasteiger partial charge in [-0.1, -0.05) is 26.2 Å². The number of piperazine rings is 1. The van der Waals surface area contributed by atoms with E-state index in [-0.39, 0.29) is 0 Å². The summed E-state index contributed by atoms with van der Waals surface area (Å²) in [5, 5.41) is 8.27. The fraction of sp³-hybridized carbons (Fsp3) is 0.824. The van der Waals surface area contributed by atoms with E-state index in [4.69, 9.17) is 0 Å². The number of aryl methyl sites for hydroxylation is 1. The first kappa shape index (κ1) is 15.0. The standard InChI is InChI=1S/C17H30N4/c1-3-7-16-13-20(11-15-10-19-21(4-2)12-15)17(14-18-16)8-5-6-9-17/h10,12,16,18H,3-9,11,13-14H2,1-2H3. The molecule has 1 atom stereocenters. The smallest absolute Gasteiger partial charge is 0.0534 e. The molecule has 1 aliphatic carbocycles. The summed E-state index contributed by atoms with van der Waals surface area (Å²) in [4.78, 5) is 2.77. The maximum atomic E-state index is 4.44. The van der Waals surface area contributed by atoms with Crippen LogP contribution in [0.25, 0.3) is 0 Å². The Kier molecular flexibility index (Phi) is 4.65. The van der Waals surface area contributed by atoms with Crippen molar-refractivity contribution in [2.24, 2.45) is 0 Å². The molecule has 1 aliphatic heterocycles. The maximum absolute atomic E-state index is 4.44. The van der Waals surface area contributed by atoms with Gasteiger partial charge in [0.25, 0.3) is 0 Å². The zero-order chi connectivity index (χ0) is 14.7. The van der Waals surface area contributed by atoms with E-state index in [1.165, 1.54) is 57.2 Å². The minimum absolute atomic E-state index is 0.415. The van der Waals surface area contributed by atoms with Crippen LogP contribution in [-0.2, 0) is 13.1 Å². The van der Waals surface area contributed by atoms with Gasteiger partial charge in [0, 0.05) is 49.5 Å².